The molecule has 1 rings (SSSR count). The average Bonchev–Trinajstić information content (AvgIpc) is 2.28. The molecule has 0 unspecified atom stereocenters. The summed E-state index contributed by atoms with van der Waals surface area (Å²) in [6.07, 6.45) is -4.53. The van der Waals surface area contributed by atoms with Crippen LogP contribution in [-0.4, -0.2) is 17.6 Å². The van der Waals surface area contributed by atoms with Gasteiger partial charge in [-0.3, -0.25) is 4.79 Å². The van der Waals surface area contributed by atoms with Gasteiger partial charge in [-0.05, 0) is 24.6 Å². The lowest BCUT2D eigenvalue weighted by atomic mass is 10.2. The van der Waals surface area contributed by atoms with E-state index in [9.17, 15) is 22.4 Å². The maximum atomic E-state index is 13.2. The van der Waals surface area contributed by atoms with E-state index in [2.05, 4.69) is 0 Å². The number of amides is 1. The molecule has 0 bridgehead atoms. The molecule has 1 amide bonds. The number of alkyl halides is 3. The summed E-state index contributed by atoms with van der Waals surface area (Å²) in [5.41, 5.74) is -1.56. The zero-order chi connectivity index (χ0) is 13.8. The summed E-state index contributed by atoms with van der Waals surface area (Å²) >= 11 is 0. The highest BCUT2D eigenvalue weighted by molar-refractivity contribution is 5.90. The van der Waals surface area contributed by atoms with E-state index in [1.54, 1.807) is 0 Å². The van der Waals surface area contributed by atoms with Gasteiger partial charge < -0.3 is 10.4 Å². The molecule has 7 heteroatoms. The molecule has 0 aliphatic rings. The molecule has 0 saturated heterocycles. The lowest BCUT2D eigenvalue weighted by molar-refractivity contribution is -0.137. The molecule has 0 fully saturated rings. The zero-order valence-electron chi connectivity index (χ0n) is 9.22. The largest absolute Gasteiger partial charge is 0.416 e. The highest BCUT2D eigenvalue weighted by atomic mass is 19.4. The number of rotatable bonds is 4. The molecule has 0 atom stereocenters. The van der Waals surface area contributed by atoms with Crippen molar-refractivity contribution in [2.45, 2.75) is 19.0 Å². The number of aliphatic hydroxyl groups excluding tert-OH is 1. The minimum atomic E-state index is -4.60. The van der Waals surface area contributed by atoms with Crippen LogP contribution in [0.5, 0.6) is 0 Å². The molecule has 0 aliphatic heterocycles. The molecule has 0 radical (unpaired) electrons. The van der Waals surface area contributed by atoms with Gasteiger partial charge in [-0.25, -0.2) is 4.39 Å². The molecular weight excluding hydrogens is 254 g/mol. The Morgan fingerprint density at radius 3 is 2.56 bits per heavy atom. The van der Waals surface area contributed by atoms with Crippen molar-refractivity contribution in [3.8, 4) is 0 Å². The number of carbonyl (C=O) groups is 1. The molecule has 1 aromatic carbocycles. The van der Waals surface area contributed by atoms with E-state index in [4.69, 9.17) is 5.11 Å². The minimum absolute atomic E-state index is 0.0911. The lowest BCUT2D eigenvalue weighted by Gasteiger charge is -2.10. The summed E-state index contributed by atoms with van der Waals surface area (Å²) < 4.78 is 50.3. The molecule has 3 nitrogen and oxygen atoms in total. The highest BCUT2D eigenvalue weighted by Gasteiger charge is 2.31. The van der Waals surface area contributed by atoms with E-state index in [1.807, 2.05) is 5.32 Å². The number of nitrogens with one attached hydrogen (secondary N) is 1. The summed E-state index contributed by atoms with van der Waals surface area (Å²) in [6, 6.07) is 1.77. The van der Waals surface area contributed by atoms with Gasteiger partial charge in [0.25, 0.3) is 0 Å². The van der Waals surface area contributed by atoms with E-state index in [1.165, 1.54) is 0 Å². The van der Waals surface area contributed by atoms with Gasteiger partial charge in [0.05, 0.1) is 11.3 Å². The Morgan fingerprint density at radius 1 is 1.33 bits per heavy atom. The van der Waals surface area contributed by atoms with Crippen LogP contribution in [0.15, 0.2) is 18.2 Å². The standard InChI is InChI=1S/C11H11F4NO2/c12-8-4-3-7(11(13,14)15)6-9(8)16-10(18)2-1-5-17/h3-4,6,17H,1-2,5H2,(H,16,18). The Hall–Kier alpha value is -1.63. The van der Waals surface area contributed by atoms with Crippen molar-refractivity contribution in [3.63, 3.8) is 0 Å². The molecule has 0 heterocycles. The van der Waals surface area contributed by atoms with Crippen LogP contribution in [0.3, 0.4) is 0 Å². The van der Waals surface area contributed by atoms with Crippen molar-refractivity contribution < 1.29 is 27.5 Å². The zero-order valence-corrected chi connectivity index (χ0v) is 9.22. The Kier molecular flexibility index (Phi) is 4.66. The normalized spacial score (nSPS) is 11.4. The Bertz CT molecular complexity index is 432. The fourth-order valence-electron chi connectivity index (χ4n) is 1.25. The van der Waals surface area contributed by atoms with Crippen LogP contribution in [0.4, 0.5) is 23.2 Å². The van der Waals surface area contributed by atoms with Gasteiger partial charge in [0.15, 0.2) is 0 Å². The molecule has 0 saturated carbocycles. The van der Waals surface area contributed by atoms with Gasteiger partial charge in [0.1, 0.15) is 5.82 Å². The van der Waals surface area contributed by atoms with Crippen LogP contribution in [0.1, 0.15) is 18.4 Å². The van der Waals surface area contributed by atoms with Crippen LogP contribution < -0.4 is 5.32 Å². The third kappa shape index (κ3) is 3.99. The second kappa shape index (κ2) is 5.81. The second-order valence-corrected chi connectivity index (χ2v) is 3.57. The predicted molar refractivity (Wildman–Crippen MR) is 56.4 cm³/mol. The maximum Gasteiger partial charge on any atom is 0.416 e. The first-order valence-corrected chi connectivity index (χ1v) is 5.12. The maximum absolute atomic E-state index is 13.2. The lowest BCUT2D eigenvalue weighted by Crippen LogP contribution is -2.14. The molecule has 18 heavy (non-hydrogen) atoms. The highest BCUT2D eigenvalue weighted by Crippen LogP contribution is 2.31. The summed E-state index contributed by atoms with van der Waals surface area (Å²) in [5.74, 6) is -1.59. The van der Waals surface area contributed by atoms with Gasteiger partial charge in [0.2, 0.25) is 5.91 Å². The fraction of sp³-hybridized carbons (Fsp3) is 0.364. The van der Waals surface area contributed by atoms with Gasteiger partial charge in [-0.1, -0.05) is 0 Å². The van der Waals surface area contributed by atoms with Crippen molar-refractivity contribution in [1.82, 2.24) is 0 Å². The quantitative estimate of drug-likeness (QED) is 0.822. The third-order valence-corrected chi connectivity index (χ3v) is 2.13. The van der Waals surface area contributed by atoms with E-state index in [-0.39, 0.29) is 19.4 Å². The number of aliphatic hydroxyl groups is 1. The van der Waals surface area contributed by atoms with Gasteiger partial charge >= 0.3 is 6.18 Å². The summed E-state index contributed by atoms with van der Waals surface area (Å²) in [7, 11) is 0. The van der Waals surface area contributed by atoms with Crippen molar-refractivity contribution in [2.75, 3.05) is 11.9 Å². The van der Waals surface area contributed by atoms with Gasteiger partial charge in [0, 0.05) is 13.0 Å². The molecule has 2 N–H and O–H groups in total. The smallest absolute Gasteiger partial charge is 0.396 e. The summed E-state index contributed by atoms with van der Waals surface area (Å²) in [4.78, 5) is 11.2. The number of hydrogen-bond acceptors (Lipinski definition) is 2. The number of benzene rings is 1. The number of halogens is 4. The van der Waals surface area contributed by atoms with Crippen LogP contribution in [0.2, 0.25) is 0 Å². The van der Waals surface area contributed by atoms with E-state index < -0.39 is 29.2 Å². The fourth-order valence-corrected chi connectivity index (χ4v) is 1.25. The number of anilines is 1. The Morgan fingerprint density at radius 2 is 2.00 bits per heavy atom. The number of carbonyl (C=O) groups excluding carboxylic acids is 1. The Balaban J connectivity index is 2.85. The van der Waals surface area contributed by atoms with E-state index in [0.717, 1.165) is 0 Å². The van der Waals surface area contributed by atoms with Gasteiger partial charge in [-0.2, -0.15) is 13.2 Å². The monoisotopic (exact) mass is 265 g/mol. The van der Waals surface area contributed by atoms with Crippen molar-refractivity contribution in [3.05, 3.63) is 29.6 Å². The number of hydrogen-bond donors (Lipinski definition) is 2. The van der Waals surface area contributed by atoms with Crippen molar-refractivity contribution in [2.24, 2.45) is 0 Å². The van der Waals surface area contributed by atoms with Crippen molar-refractivity contribution >= 4 is 11.6 Å². The molecule has 0 aromatic heterocycles. The first kappa shape index (κ1) is 14.4. The molecule has 1 aromatic rings. The van der Waals surface area contributed by atoms with Crippen LogP contribution in [0.25, 0.3) is 0 Å². The SMILES string of the molecule is O=C(CCCO)Nc1cc(C(F)(F)F)ccc1F. The van der Waals surface area contributed by atoms with Crippen LogP contribution in [-0.2, 0) is 11.0 Å². The summed E-state index contributed by atoms with van der Waals surface area (Å²) in [6.45, 7) is -0.224. The average molecular weight is 265 g/mol. The first-order valence-electron chi connectivity index (χ1n) is 5.12. The Labute approximate surface area is 100 Å². The van der Waals surface area contributed by atoms with Crippen molar-refractivity contribution in [1.29, 1.82) is 0 Å². The van der Waals surface area contributed by atoms with E-state index in [0.29, 0.717) is 18.2 Å². The predicted octanol–water partition coefficient (Wildman–Crippen LogP) is 2.56. The van der Waals surface area contributed by atoms with Gasteiger partial charge in [-0.15, -0.1) is 0 Å². The molecule has 0 spiro atoms. The minimum Gasteiger partial charge on any atom is -0.396 e. The molecule has 100 valence electrons. The molecular formula is C11H11F4NO2. The van der Waals surface area contributed by atoms with Crippen LogP contribution >= 0.6 is 0 Å². The van der Waals surface area contributed by atoms with E-state index >= 15 is 0 Å². The molecule has 0 aliphatic carbocycles. The third-order valence-electron chi connectivity index (χ3n) is 2.13. The summed E-state index contributed by atoms with van der Waals surface area (Å²) in [5, 5.41) is 10.5. The first-order chi connectivity index (χ1) is 8.34. The van der Waals surface area contributed by atoms with Crippen LogP contribution in [0, 0.1) is 5.82 Å². The second-order valence-electron chi connectivity index (χ2n) is 3.57. The topological polar surface area (TPSA) is 49.3 Å².